The molecular formula is C11H11BrS2. The van der Waals surface area contributed by atoms with Crippen LogP contribution in [0.15, 0.2) is 22.4 Å². The third kappa shape index (κ3) is 1.62. The van der Waals surface area contributed by atoms with Crippen LogP contribution in [0, 0.1) is 0 Å². The lowest BCUT2D eigenvalue weighted by atomic mass is 10.0. The smallest absolute Gasteiger partial charge is 0.0378 e. The van der Waals surface area contributed by atoms with E-state index < -0.39 is 0 Å². The molecule has 0 atom stereocenters. The van der Waals surface area contributed by atoms with E-state index in [9.17, 15) is 0 Å². The van der Waals surface area contributed by atoms with Crippen LogP contribution >= 0.6 is 39.9 Å². The van der Waals surface area contributed by atoms with E-state index in [-0.39, 0.29) is 0 Å². The first-order valence-electron chi connectivity index (χ1n) is 4.54. The summed E-state index contributed by atoms with van der Waals surface area (Å²) < 4.78 is 1.42. The minimum Gasteiger partial charge on any atom is -0.144 e. The molecule has 3 heteroatoms. The van der Waals surface area contributed by atoms with E-state index in [0.29, 0.717) is 0 Å². The lowest BCUT2D eigenvalue weighted by molar-refractivity contribution is 1.10. The normalized spacial score (nSPS) is 11.1. The molecule has 0 aliphatic rings. The van der Waals surface area contributed by atoms with Crippen molar-refractivity contribution in [3.63, 3.8) is 0 Å². The molecule has 0 saturated heterocycles. The van der Waals surface area contributed by atoms with Gasteiger partial charge in [0, 0.05) is 14.9 Å². The molecule has 0 unspecified atom stereocenters. The van der Waals surface area contributed by atoms with Gasteiger partial charge in [0.25, 0.3) is 0 Å². The Kier molecular flexibility index (Phi) is 3.20. The van der Waals surface area contributed by atoms with Crippen LogP contribution < -0.4 is 0 Å². The van der Waals surface area contributed by atoms with E-state index in [0.717, 1.165) is 16.6 Å². The van der Waals surface area contributed by atoms with Crippen molar-refractivity contribution >= 4 is 50.0 Å². The number of thiophene rings is 1. The summed E-state index contributed by atoms with van der Waals surface area (Å²) >= 11 is 9.88. The zero-order valence-electron chi connectivity index (χ0n) is 7.88. The standard InChI is InChI=1S/C11H11BrS2/c1-2-8-9(6-12)10(13)5-7-3-4-14-11(7)8/h3-5,13H,2,6H2,1H3. The summed E-state index contributed by atoms with van der Waals surface area (Å²) in [6.45, 7) is 2.20. The zero-order valence-corrected chi connectivity index (χ0v) is 11.2. The lowest BCUT2D eigenvalue weighted by Crippen LogP contribution is -1.91. The first kappa shape index (κ1) is 10.5. The molecule has 0 aliphatic heterocycles. The van der Waals surface area contributed by atoms with E-state index in [2.05, 4.69) is 53.0 Å². The Labute approximate surface area is 102 Å². The second-order valence-electron chi connectivity index (χ2n) is 3.18. The summed E-state index contributed by atoms with van der Waals surface area (Å²) in [5, 5.41) is 4.36. The van der Waals surface area contributed by atoms with Gasteiger partial charge in [-0.25, -0.2) is 0 Å². The Morgan fingerprint density at radius 2 is 2.21 bits per heavy atom. The monoisotopic (exact) mass is 286 g/mol. The first-order valence-corrected chi connectivity index (χ1v) is 6.99. The molecule has 0 N–H and O–H groups in total. The lowest BCUT2D eigenvalue weighted by Gasteiger charge is -2.09. The van der Waals surface area contributed by atoms with Crippen LogP contribution in [0.25, 0.3) is 10.1 Å². The van der Waals surface area contributed by atoms with Gasteiger partial charge in [-0.1, -0.05) is 22.9 Å². The number of benzene rings is 1. The van der Waals surface area contributed by atoms with Crippen molar-refractivity contribution in [2.45, 2.75) is 23.6 Å². The average Bonchev–Trinajstić information content (AvgIpc) is 2.62. The number of aryl methyl sites for hydroxylation is 1. The predicted molar refractivity (Wildman–Crippen MR) is 71.1 cm³/mol. The second-order valence-corrected chi connectivity index (χ2v) is 5.14. The summed E-state index contributed by atoms with van der Waals surface area (Å²) in [4.78, 5) is 1.10. The van der Waals surface area contributed by atoms with Gasteiger partial charge < -0.3 is 0 Å². The predicted octanol–water partition coefficient (Wildman–Crippen LogP) is 4.65. The molecule has 74 valence electrons. The van der Waals surface area contributed by atoms with Crippen LogP contribution in [0.4, 0.5) is 0 Å². The topological polar surface area (TPSA) is 0 Å². The molecular weight excluding hydrogens is 276 g/mol. The molecule has 1 heterocycles. The van der Waals surface area contributed by atoms with Crippen molar-refractivity contribution in [2.24, 2.45) is 0 Å². The SMILES string of the molecule is CCc1c(CBr)c(S)cc2ccsc12. The third-order valence-electron chi connectivity index (χ3n) is 2.42. The highest BCUT2D eigenvalue weighted by molar-refractivity contribution is 9.08. The molecule has 0 saturated carbocycles. The quantitative estimate of drug-likeness (QED) is 0.603. The number of hydrogen-bond donors (Lipinski definition) is 1. The van der Waals surface area contributed by atoms with Crippen LogP contribution in [0.5, 0.6) is 0 Å². The fourth-order valence-electron chi connectivity index (χ4n) is 1.73. The highest BCUT2D eigenvalue weighted by Crippen LogP contribution is 2.33. The molecule has 0 radical (unpaired) electrons. The molecule has 2 aromatic rings. The van der Waals surface area contributed by atoms with Crippen LogP contribution in [0.2, 0.25) is 0 Å². The summed E-state index contributed by atoms with van der Waals surface area (Å²) in [6.07, 6.45) is 1.08. The molecule has 14 heavy (non-hydrogen) atoms. The van der Waals surface area contributed by atoms with E-state index in [4.69, 9.17) is 0 Å². The van der Waals surface area contributed by atoms with Crippen LogP contribution in [0.3, 0.4) is 0 Å². The third-order valence-corrected chi connectivity index (χ3v) is 4.37. The number of halogens is 1. The van der Waals surface area contributed by atoms with E-state index in [1.807, 2.05) is 11.3 Å². The maximum absolute atomic E-state index is 4.53. The van der Waals surface area contributed by atoms with Gasteiger partial charge in [0.1, 0.15) is 0 Å². The summed E-state index contributed by atoms with van der Waals surface area (Å²) in [5.41, 5.74) is 2.78. The van der Waals surface area contributed by atoms with E-state index in [1.165, 1.54) is 21.2 Å². The van der Waals surface area contributed by atoms with Gasteiger partial charge in [-0.15, -0.1) is 24.0 Å². The molecule has 0 bridgehead atoms. The highest BCUT2D eigenvalue weighted by atomic mass is 79.9. The molecule has 1 aromatic heterocycles. The summed E-state index contributed by atoms with van der Waals surface area (Å²) in [7, 11) is 0. The number of fused-ring (bicyclic) bond motifs is 1. The number of thiol groups is 1. The van der Waals surface area contributed by atoms with Crippen molar-refractivity contribution < 1.29 is 0 Å². The fourth-order valence-corrected chi connectivity index (χ4v) is 3.96. The second kappa shape index (κ2) is 4.25. The number of rotatable bonds is 2. The van der Waals surface area contributed by atoms with Crippen molar-refractivity contribution in [2.75, 3.05) is 0 Å². The Bertz CT molecular complexity index is 460. The van der Waals surface area contributed by atoms with Gasteiger partial charge >= 0.3 is 0 Å². The first-order chi connectivity index (χ1) is 6.77. The maximum atomic E-state index is 4.53. The van der Waals surface area contributed by atoms with Gasteiger partial charge in [-0.2, -0.15) is 0 Å². The van der Waals surface area contributed by atoms with Crippen molar-refractivity contribution in [1.29, 1.82) is 0 Å². The minimum absolute atomic E-state index is 0.892. The average molecular weight is 287 g/mol. The van der Waals surface area contributed by atoms with Gasteiger partial charge in [0.05, 0.1) is 0 Å². The van der Waals surface area contributed by atoms with E-state index in [1.54, 1.807) is 0 Å². The Balaban J connectivity index is 2.82. The molecule has 0 aliphatic carbocycles. The fraction of sp³-hybridized carbons (Fsp3) is 0.273. The maximum Gasteiger partial charge on any atom is 0.0378 e. The highest BCUT2D eigenvalue weighted by Gasteiger charge is 2.09. The molecule has 0 amide bonds. The number of alkyl halides is 1. The van der Waals surface area contributed by atoms with Gasteiger partial charge in [-0.3, -0.25) is 0 Å². The summed E-state index contributed by atoms with van der Waals surface area (Å²) in [6, 6.07) is 4.32. The molecule has 0 nitrogen and oxygen atoms in total. The van der Waals surface area contributed by atoms with E-state index >= 15 is 0 Å². The Morgan fingerprint density at radius 3 is 2.86 bits per heavy atom. The number of hydrogen-bond acceptors (Lipinski definition) is 2. The molecule has 0 fully saturated rings. The van der Waals surface area contributed by atoms with Crippen molar-refractivity contribution in [3.05, 3.63) is 28.6 Å². The van der Waals surface area contributed by atoms with Crippen molar-refractivity contribution in [1.82, 2.24) is 0 Å². The van der Waals surface area contributed by atoms with Crippen LogP contribution in [0.1, 0.15) is 18.1 Å². The Hall–Kier alpha value is 0.01000. The zero-order chi connectivity index (χ0) is 10.1. The largest absolute Gasteiger partial charge is 0.144 e. The van der Waals surface area contributed by atoms with Crippen LogP contribution in [-0.4, -0.2) is 0 Å². The van der Waals surface area contributed by atoms with Gasteiger partial charge in [-0.05, 0) is 40.4 Å². The minimum atomic E-state index is 0.892. The molecule has 1 aromatic carbocycles. The van der Waals surface area contributed by atoms with Gasteiger partial charge in [0.15, 0.2) is 0 Å². The molecule has 0 spiro atoms. The van der Waals surface area contributed by atoms with Crippen LogP contribution in [-0.2, 0) is 11.8 Å². The summed E-state index contributed by atoms with van der Waals surface area (Å²) in [5.74, 6) is 0. The van der Waals surface area contributed by atoms with Crippen molar-refractivity contribution in [3.8, 4) is 0 Å². The van der Waals surface area contributed by atoms with Gasteiger partial charge in [0.2, 0.25) is 0 Å². The Morgan fingerprint density at radius 1 is 1.43 bits per heavy atom. The molecule has 2 rings (SSSR count).